The monoisotopic (exact) mass is 396 g/mol. The minimum absolute atomic E-state index is 0.0360. The van der Waals surface area contributed by atoms with Crippen LogP contribution < -0.4 is 0 Å². The number of hydrogen-bond acceptors (Lipinski definition) is 5. The van der Waals surface area contributed by atoms with Gasteiger partial charge in [-0.1, -0.05) is 45.3 Å². The van der Waals surface area contributed by atoms with Crippen molar-refractivity contribution in [1.29, 1.82) is 0 Å². The molecule has 0 bridgehead atoms. The molecule has 0 radical (unpaired) electrons. The summed E-state index contributed by atoms with van der Waals surface area (Å²) in [4.78, 5) is 34.9. The van der Waals surface area contributed by atoms with Crippen LogP contribution in [0.1, 0.15) is 78.1 Å². The maximum Gasteiger partial charge on any atom is 0.303 e. The maximum atomic E-state index is 12.2. The van der Waals surface area contributed by atoms with Crippen LogP contribution >= 0.6 is 0 Å². The van der Waals surface area contributed by atoms with E-state index in [0.717, 1.165) is 19.3 Å². The molecule has 0 amide bonds. The van der Waals surface area contributed by atoms with Crippen molar-refractivity contribution < 1.29 is 29.7 Å². The summed E-state index contributed by atoms with van der Waals surface area (Å²) < 4.78 is 0. The zero-order valence-electron chi connectivity index (χ0n) is 17.2. The Balaban J connectivity index is 2.54. The lowest BCUT2D eigenvalue weighted by Crippen LogP contribution is -2.22. The first kappa shape index (κ1) is 24.5. The fourth-order valence-electron chi connectivity index (χ4n) is 3.85. The Kier molecular flexibility index (Phi) is 11.2. The van der Waals surface area contributed by atoms with Crippen molar-refractivity contribution >= 4 is 17.5 Å². The number of Topliss-reactive ketones (excluding diaryl/α,β-unsaturated/α-hetero) is 2. The predicted molar refractivity (Wildman–Crippen MR) is 107 cm³/mol. The van der Waals surface area contributed by atoms with E-state index in [1.54, 1.807) is 12.2 Å². The Morgan fingerprint density at radius 3 is 2.54 bits per heavy atom. The summed E-state index contributed by atoms with van der Waals surface area (Å²) >= 11 is 0. The SMILES string of the molecule is CCCC[C@H](C)C[C@H](O)/C=C/[C@H]1[C@H](O)CC(=O)[C@@H]1CC(=O)CCCCC(=O)O. The molecule has 1 rings (SSSR count). The second kappa shape index (κ2) is 12.8. The molecule has 0 saturated heterocycles. The van der Waals surface area contributed by atoms with Gasteiger partial charge in [-0.15, -0.1) is 0 Å². The lowest BCUT2D eigenvalue weighted by atomic mass is 9.87. The van der Waals surface area contributed by atoms with Crippen molar-refractivity contribution in [2.45, 2.75) is 90.3 Å². The lowest BCUT2D eigenvalue weighted by molar-refractivity contribution is -0.137. The van der Waals surface area contributed by atoms with Gasteiger partial charge in [0.15, 0.2) is 0 Å². The fourth-order valence-corrected chi connectivity index (χ4v) is 3.85. The predicted octanol–water partition coefficient (Wildman–Crippen LogP) is 3.29. The van der Waals surface area contributed by atoms with E-state index in [0.29, 0.717) is 25.2 Å². The minimum atomic E-state index is -0.880. The number of ketones is 2. The molecule has 1 aliphatic carbocycles. The third-order valence-corrected chi connectivity index (χ3v) is 5.53. The largest absolute Gasteiger partial charge is 0.481 e. The highest BCUT2D eigenvalue weighted by Gasteiger charge is 2.40. The topological polar surface area (TPSA) is 112 Å². The Bertz CT molecular complexity index is 541. The Hall–Kier alpha value is -1.53. The number of carbonyl (C=O) groups is 3. The van der Waals surface area contributed by atoms with Gasteiger partial charge in [-0.3, -0.25) is 14.4 Å². The van der Waals surface area contributed by atoms with Gasteiger partial charge in [-0.2, -0.15) is 0 Å². The summed E-state index contributed by atoms with van der Waals surface area (Å²) in [5.74, 6) is -1.68. The normalized spacial score (nSPS) is 24.6. The first-order valence-corrected chi connectivity index (χ1v) is 10.5. The zero-order chi connectivity index (χ0) is 21.1. The minimum Gasteiger partial charge on any atom is -0.481 e. The Morgan fingerprint density at radius 1 is 1.21 bits per heavy atom. The fraction of sp³-hybridized carbons (Fsp3) is 0.773. The van der Waals surface area contributed by atoms with Gasteiger partial charge in [0.05, 0.1) is 12.2 Å². The van der Waals surface area contributed by atoms with Gasteiger partial charge in [0.25, 0.3) is 0 Å². The third kappa shape index (κ3) is 9.11. The number of unbranched alkanes of at least 4 members (excludes halogenated alkanes) is 2. The van der Waals surface area contributed by atoms with E-state index in [1.165, 1.54) is 0 Å². The highest BCUT2D eigenvalue weighted by molar-refractivity contribution is 5.90. The number of aliphatic carboxylic acids is 1. The molecule has 5 atom stereocenters. The summed E-state index contributed by atoms with van der Waals surface area (Å²) in [5, 5.41) is 29.0. The van der Waals surface area contributed by atoms with Crippen LogP contribution in [-0.4, -0.2) is 45.1 Å². The molecule has 0 aromatic heterocycles. The van der Waals surface area contributed by atoms with Crippen LogP contribution in [0.15, 0.2) is 12.2 Å². The van der Waals surface area contributed by atoms with Crippen LogP contribution in [0.4, 0.5) is 0 Å². The van der Waals surface area contributed by atoms with E-state index >= 15 is 0 Å². The van der Waals surface area contributed by atoms with Crippen molar-refractivity contribution in [1.82, 2.24) is 0 Å². The van der Waals surface area contributed by atoms with Crippen molar-refractivity contribution in [3.05, 3.63) is 12.2 Å². The maximum absolute atomic E-state index is 12.2. The molecule has 0 aromatic rings. The molecule has 6 heteroatoms. The van der Waals surface area contributed by atoms with Crippen LogP contribution in [0.3, 0.4) is 0 Å². The molecule has 0 heterocycles. The number of carboxylic acid groups (broad SMARTS) is 1. The molecule has 0 aliphatic heterocycles. The molecule has 0 spiro atoms. The van der Waals surface area contributed by atoms with Gasteiger partial charge in [0, 0.05) is 37.5 Å². The molecule has 1 fully saturated rings. The summed E-state index contributed by atoms with van der Waals surface area (Å²) in [5.41, 5.74) is 0. The van der Waals surface area contributed by atoms with Crippen LogP contribution in [0, 0.1) is 17.8 Å². The number of aliphatic hydroxyl groups excluding tert-OH is 2. The van der Waals surface area contributed by atoms with E-state index in [9.17, 15) is 24.6 Å². The van der Waals surface area contributed by atoms with Crippen molar-refractivity contribution in [2.24, 2.45) is 17.8 Å². The second-order valence-corrected chi connectivity index (χ2v) is 8.20. The Morgan fingerprint density at radius 2 is 1.89 bits per heavy atom. The highest BCUT2D eigenvalue weighted by Crippen LogP contribution is 2.33. The van der Waals surface area contributed by atoms with E-state index in [2.05, 4.69) is 13.8 Å². The van der Waals surface area contributed by atoms with Gasteiger partial charge < -0.3 is 15.3 Å². The summed E-state index contributed by atoms with van der Waals surface area (Å²) in [6.07, 6.45) is 7.19. The molecule has 0 unspecified atom stereocenters. The van der Waals surface area contributed by atoms with E-state index in [4.69, 9.17) is 5.11 Å². The van der Waals surface area contributed by atoms with Gasteiger partial charge >= 0.3 is 5.97 Å². The van der Waals surface area contributed by atoms with Crippen LogP contribution in [0.5, 0.6) is 0 Å². The number of rotatable bonds is 14. The highest BCUT2D eigenvalue weighted by atomic mass is 16.4. The van der Waals surface area contributed by atoms with Gasteiger partial charge in [-0.05, 0) is 25.2 Å². The second-order valence-electron chi connectivity index (χ2n) is 8.20. The molecule has 1 aliphatic rings. The Labute approximate surface area is 168 Å². The summed E-state index contributed by atoms with van der Waals surface area (Å²) in [6.45, 7) is 4.24. The van der Waals surface area contributed by atoms with Gasteiger partial charge in [0.1, 0.15) is 11.6 Å². The smallest absolute Gasteiger partial charge is 0.303 e. The van der Waals surface area contributed by atoms with E-state index in [1.807, 2.05) is 0 Å². The van der Waals surface area contributed by atoms with Crippen molar-refractivity contribution in [2.75, 3.05) is 0 Å². The van der Waals surface area contributed by atoms with Crippen LogP contribution in [-0.2, 0) is 14.4 Å². The molecule has 0 aromatic carbocycles. The van der Waals surface area contributed by atoms with Crippen molar-refractivity contribution in [3.63, 3.8) is 0 Å². The number of hydrogen-bond donors (Lipinski definition) is 3. The van der Waals surface area contributed by atoms with Gasteiger partial charge in [-0.25, -0.2) is 0 Å². The lowest BCUT2D eigenvalue weighted by Gasteiger charge is -2.18. The number of aliphatic hydroxyl groups is 2. The first-order valence-electron chi connectivity index (χ1n) is 10.5. The summed E-state index contributed by atoms with van der Waals surface area (Å²) in [7, 11) is 0. The van der Waals surface area contributed by atoms with Crippen LogP contribution in [0.2, 0.25) is 0 Å². The molecule has 3 N–H and O–H groups in total. The van der Waals surface area contributed by atoms with E-state index < -0.39 is 30.0 Å². The summed E-state index contributed by atoms with van der Waals surface area (Å²) in [6, 6.07) is 0. The number of carboxylic acids is 1. The van der Waals surface area contributed by atoms with Gasteiger partial charge in [0.2, 0.25) is 0 Å². The molecule has 1 saturated carbocycles. The molecular weight excluding hydrogens is 360 g/mol. The first-order chi connectivity index (χ1) is 13.2. The molecule has 28 heavy (non-hydrogen) atoms. The molecular formula is C22H36O6. The number of carbonyl (C=O) groups excluding carboxylic acids is 2. The standard InChI is InChI=1S/C22H36O6/c1-3-4-7-15(2)12-17(24)10-11-18-19(21(26)14-20(18)25)13-16(23)8-5-6-9-22(27)28/h10-11,15,17-20,24-25H,3-9,12-14H2,1-2H3,(H,27,28)/b11-10+/t15-,17+,18+,19+,20+/m0/s1. The van der Waals surface area contributed by atoms with E-state index in [-0.39, 0.29) is 37.2 Å². The zero-order valence-corrected chi connectivity index (χ0v) is 17.2. The average molecular weight is 397 g/mol. The average Bonchev–Trinajstić information content (AvgIpc) is 2.88. The van der Waals surface area contributed by atoms with Crippen molar-refractivity contribution in [3.8, 4) is 0 Å². The third-order valence-electron chi connectivity index (χ3n) is 5.53. The molecule has 6 nitrogen and oxygen atoms in total. The molecule has 160 valence electrons. The quantitative estimate of drug-likeness (QED) is 0.307. The van der Waals surface area contributed by atoms with Crippen LogP contribution in [0.25, 0.3) is 0 Å².